The SMILES string of the molecule is C=C[C@]1(CO)O[C@@H](n2ccc(N)nc2=O)CC1F. The van der Waals surface area contributed by atoms with Gasteiger partial charge in [-0.25, -0.2) is 9.18 Å². The number of aliphatic hydroxyl groups excluding tert-OH is 1. The van der Waals surface area contributed by atoms with Gasteiger partial charge in [-0.1, -0.05) is 6.08 Å². The van der Waals surface area contributed by atoms with Crippen molar-refractivity contribution in [3.8, 4) is 0 Å². The fourth-order valence-corrected chi connectivity index (χ4v) is 1.94. The van der Waals surface area contributed by atoms with Gasteiger partial charge in [0.1, 0.15) is 23.8 Å². The Hall–Kier alpha value is -1.73. The molecule has 0 bridgehead atoms. The number of nitrogens with two attached hydrogens (primary N) is 1. The largest absolute Gasteiger partial charge is 0.393 e. The summed E-state index contributed by atoms with van der Waals surface area (Å²) in [6.45, 7) is 2.92. The number of anilines is 1. The summed E-state index contributed by atoms with van der Waals surface area (Å²) >= 11 is 0. The molecule has 0 saturated carbocycles. The summed E-state index contributed by atoms with van der Waals surface area (Å²) in [5.41, 5.74) is 3.28. The summed E-state index contributed by atoms with van der Waals surface area (Å²) < 4.78 is 20.4. The number of ether oxygens (including phenoxy) is 1. The minimum atomic E-state index is -1.47. The standard InChI is InChI=1S/C11H14FN3O3/c1-2-11(6-16)7(12)5-9(18-11)15-4-3-8(13)14-10(15)17/h2-4,7,9,16H,1,5-6H2,(H2,13,14,17)/t7?,9-,11-/m1/s1. The molecule has 1 aromatic heterocycles. The highest BCUT2D eigenvalue weighted by molar-refractivity contribution is 5.23. The van der Waals surface area contributed by atoms with E-state index in [1.54, 1.807) is 0 Å². The summed E-state index contributed by atoms with van der Waals surface area (Å²) in [6.07, 6.45) is 0.282. The molecule has 0 aromatic carbocycles. The Labute approximate surface area is 103 Å². The van der Waals surface area contributed by atoms with Crippen molar-refractivity contribution in [2.75, 3.05) is 12.3 Å². The van der Waals surface area contributed by atoms with Gasteiger partial charge in [0.15, 0.2) is 0 Å². The lowest BCUT2D eigenvalue weighted by Gasteiger charge is -2.24. The molecule has 0 spiro atoms. The first kappa shape index (κ1) is 12.7. The summed E-state index contributed by atoms with van der Waals surface area (Å²) in [4.78, 5) is 15.1. The Morgan fingerprint density at radius 3 is 3.06 bits per heavy atom. The van der Waals surface area contributed by atoms with Crippen LogP contribution in [-0.2, 0) is 4.74 Å². The first-order valence-electron chi connectivity index (χ1n) is 5.43. The van der Waals surface area contributed by atoms with Crippen LogP contribution >= 0.6 is 0 Å². The topological polar surface area (TPSA) is 90.4 Å². The molecule has 1 unspecified atom stereocenters. The molecule has 1 aliphatic rings. The van der Waals surface area contributed by atoms with Crippen molar-refractivity contribution in [2.45, 2.75) is 24.4 Å². The van der Waals surface area contributed by atoms with Crippen LogP contribution < -0.4 is 11.4 Å². The highest BCUT2D eigenvalue weighted by atomic mass is 19.1. The van der Waals surface area contributed by atoms with Crippen LogP contribution in [0.5, 0.6) is 0 Å². The van der Waals surface area contributed by atoms with Crippen molar-refractivity contribution in [2.24, 2.45) is 0 Å². The summed E-state index contributed by atoms with van der Waals surface area (Å²) in [7, 11) is 0. The normalized spacial score (nSPS) is 31.4. The van der Waals surface area contributed by atoms with E-state index in [1.165, 1.54) is 18.3 Å². The van der Waals surface area contributed by atoms with Gasteiger partial charge < -0.3 is 15.6 Å². The number of rotatable bonds is 3. The molecule has 0 radical (unpaired) electrons. The van der Waals surface area contributed by atoms with E-state index in [0.717, 1.165) is 4.57 Å². The molecule has 1 fully saturated rings. The highest BCUT2D eigenvalue weighted by Crippen LogP contribution is 2.38. The molecule has 0 amide bonds. The van der Waals surface area contributed by atoms with E-state index < -0.39 is 30.3 Å². The average molecular weight is 255 g/mol. The van der Waals surface area contributed by atoms with Crippen LogP contribution in [0.15, 0.2) is 29.7 Å². The molecule has 0 aliphatic carbocycles. The van der Waals surface area contributed by atoms with Gasteiger partial charge in [0.2, 0.25) is 0 Å². The maximum atomic E-state index is 13.9. The summed E-state index contributed by atoms with van der Waals surface area (Å²) in [5, 5.41) is 9.21. The van der Waals surface area contributed by atoms with Crippen molar-refractivity contribution in [3.05, 3.63) is 35.4 Å². The average Bonchev–Trinajstić information content (AvgIpc) is 2.67. The quantitative estimate of drug-likeness (QED) is 0.742. The van der Waals surface area contributed by atoms with Crippen LogP contribution in [0.1, 0.15) is 12.6 Å². The van der Waals surface area contributed by atoms with E-state index in [4.69, 9.17) is 10.5 Å². The number of hydrogen-bond acceptors (Lipinski definition) is 5. The number of hydrogen-bond donors (Lipinski definition) is 2. The second-order valence-electron chi connectivity index (χ2n) is 4.14. The molecular weight excluding hydrogens is 241 g/mol. The van der Waals surface area contributed by atoms with Crippen LogP contribution in [0.25, 0.3) is 0 Å². The lowest BCUT2D eigenvalue weighted by molar-refractivity contribution is -0.0854. The smallest absolute Gasteiger partial charge is 0.351 e. The van der Waals surface area contributed by atoms with Crippen LogP contribution in [0, 0.1) is 0 Å². The Morgan fingerprint density at radius 2 is 2.56 bits per heavy atom. The third-order valence-corrected chi connectivity index (χ3v) is 3.05. The molecule has 3 N–H and O–H groups in total. The van der Waals surface area contributed by atoms with Gasteiger partial charge in [-0.2, -0.15) is 4.98 Å². The van der Waals surface area contributed by atoms with E-state index >= 15 is 0 Å². The van der Waals surface area contributed by atoms with Crippen LogP contribution in [0.3, 0.4) is 0 Å². The molecule has 1 saturated heterocycles. The van der Waals surface area contributed by atoms with E-state index in [-0.39, 0.29) is 12.2 Å². The van der Waals surface area contributed by atoms with Gasteiger partial charge in [-0.15, -0.1) is 6.58 Å². The van der Waals surface area contributed by atoms with Crippen molar-refractivity contribution >= 4 is 5.82 Å². The van der Waals surface area contributed by atoms with Crippen molar-refractivity contribution < 1.29 is 14.2 Å². The lowest BCUT2D eigenvalue weighted by atomic mass is 9.99. The fraction of sp³-hybridized carbons (Fsp3) is 0.455. The molecular formula is C11H14FN3O3. The molecule has 98 valence electrons. The van der Waals surface area contributed by atoms with Crippen molar-refractivity contribution in [3.63, 3.8) is 0 Å². The Balaban J connectivity index is 2.32. The number of alkyl halides is 1. The minimum absolute atomic E-state index is 0.0575. The predicted molar refractivity (Wildman–Crippen MR) is 62.6 cm³/mol. The number of aromatic nitrogens is 2. The Kier molecular flexibility index (Phi) is 3.18. The zero-order valence-electron chi connectivity index (χ0n) is 9.62. The maximum absolute atomic E-state index is 13.9. The first-order valence-corrected chi connectivity index (χ1v) is 5.43. The second kappa shape index (κ2) is 4.51. The van der Waals surface area contributed by atoms with Gasteiger partial charge in [-0.3, -0.25) is 4.57 Å². The fourth-order valence-electron chi connectivity index (χ4n) is 1.94. The number of halogens is 1. The van der Waals surface area contributed by atoms with Gasteiger partial charge in [0.25, 0.3) is 0 Å². The van der Waals surface area contributed by atoms with E-state index in [0.29, 0.717) is 0 Å². The van der Waals surface area contributed by atoms with Gasteiger partial charge in [0.05, 0.1) is 6.61 Å². The third kappa shape index (κ3) is 1.91. The molecule has 1 aliphatic heterocycles. The molecule has 2 rings (SSSR count). The van der Waals surface area contributed by atoms with Gasteiger partial charge >= 0.3 is 5.69 Å². The molecule has 18 heavy (non-hydrogen) atoms. The summed E-state index contributed by atoms with van der Waals surface area (Å²) in [6, 6.07) is 1.42. The van der Waals surface area contributed by atoms with E-state index in [9.17, 15) is 14.3 Å². The van der Waals surface area contributed by atoms with Crippen molar-refractivity contribution in [1.29, 1.82) is 0 Å². The van der Waals surface area contributed by atoms with Crippen molar-refractivity contribution in [1.82, 2.24) is 9.55 Å². The van der Waals surface area contributed by atoms with Gasteiger partial charge in [0, 0.05) is 12.6 Å². The zero-order valence-corrected chi connectivity index (χ0v) is 9.62. The predicted octanol–water partition coefficient (Wildman–Crippen LogP) is -0.000400. The van der Waals surface area contributed by atoms with E-state index in [2.05, 4.69) is 11.6 Å². The molecule has 6 nitrogen and oxygen atoms in total. The molecule has 2 heterocycles. The van der Waals surface area contributed by atoms with Crippen LogP contribution in [-0.4, -0.2) is 33.0 Å². The minimum Gasteiger partial charge on any atom is -0.393 e. The van der Waals surface area contributed by atoms with Gasteiger partial charge in [-0.05, 0) is 6.07 Å². The molecule has 3 atom stereocenters. The lowest BCUT2D eigenvalue weighted by Crippen LogP contribution is -2.39. The Bertz CT molecular complexity index is 519. The zero-order chi connectivity index (χ0) is 13.3. The van der Waals surface area contributed by atoms with E-state index in [1.807, 2.05) is 0 Å². The number of nitrogens with zero attached hydrogens (tertiary/aromatic N) is 2. The van der Waals surface area contributed by atoms with Crippen LogP contribution in [0.2, 0.25) is 0 Å². The molecule has 7 heteroatoms. The summed E-state index contributed by atoms with van der Waals surface area (Å²) in [5.74, 6) is 0.0863. The van der Waals surface area contributed by atoms with Crippen LogP contribution in [0.4, 0.5) is 10.2 Å². The second-order valence-corrected chi connectivity index (χ2v) is 4.14. The Morgan fingerprint density at radius 1 is 1.83 bits per heavy atom. The number of aliphatic hydroxyl groups is 1. The number of nitrogen functional groups attached to an aromatic ring is 1. The molecule has 1 aromatic rings. The maximum Gasteiger partial charge on any atom is 0.351 e. The third-order valence-electron chi connectivity index (χ3n) is 3.05. The highest BCUT2D eigenvalue weighted by Gasteiger charge is 2.47. The monoisotopic (exact) mass is 255 g/mol. The first-order chi connectivity index (χ1) is 8.52.